The summed E-state index contributed by atoms with van der Waals surface area (Å²) in [4.78, 5) is 20.1. The summed E-state index contributed by atoms with van der Waals surface area (Å²) < 4.78 is 6.34. The van der Waals surface area contributed by atoms with Gasteiger partial charge < -0.3 is 14.7 Å². The molecule has 2 rings (SSSR count). The number of aliphatic hydroxyl groups is 2. The highest BCUT2D eigenvalue weighted by molar-refractivity contribution is 5.13. The second-order valence-electron chi connectivity index (χ2n) is 4.56. The largest absolute Gasteiger partial charge is 0.393 e. The number of aliphatic hydroxyl groups excluding tert-OH is 2. The third kappa shape index (κ3) is 3.09. The number of aromatic nitrogens is 4. The first-order valence-electron chi connectivity index (χ1n) is 6.16. The van der Waals surface area contributed by atoms with Crippen molar-refractivity contribution >= 4 is 0 Å². The summed E-state index contributed by atoms with van der Waals surface area (Å²) in [6, 6.07) is 0. The van der Waals surface area contributed by atoms with E-state index in [-0.39, 0.29) is 24.6 Å². The van der Waals surface area contributed by atoms with Gasteiger partial charge in [0.2, 0.25) is 5.89 Å². The van der Waals surface area contributed by atoms with Crippen LogP contribution in [0.4, 0.5) is 0 Å². The maximum Gasteiger partial charge on any atom is 0.257 e. The summed E-state index contributed by atoms with van der Waals surface area (Å²) in [5, 5.41) is 22.0. The van der Waals surface area contributed by atoms with Crippen LogP contribution < -0.4 is 5.56 Å². The Labute approximate surface area is 114 Å². The van der Waals surface area contributed by atoms with Crippen molar-refractivity contribution in [3.8, 4) is 0 Å². The first kappa shape index (κ1) is 14.4. The van der Waals surface area contributed by atoms with Gasteiger partial charge in [0.1, 0.15) is 6.54 Å². The Hall–Kier alpha value is -2.06. The summed E-state index contributed by atoms with van der Waals surface area (Å²) >= 11 is 0. The smallest absolute Gasteiger partial charge is 0.257 e. The highest BCUT2D eigenvalue weighted by Gasteiger charge is 2.12. The first-order valence-corrected chi connectivity index (χ1v) is 6.16. The van der Waals surface area contributed by atoms with E-state index in [0.717, 1.165) is 0 Å². The predicted molar refractivity (Wildman–Crippen MR) is 67.9 cm³/mol. The molecule has 0 bridgehead atoms. The van der Waals surface area contributed by atoms with Crippen LogP contribution in [-0.2, 0) is 19.6 Å². The van der Waals surface area contributed by atoms with Crippen LogP contribution in [-0.4, -0.2) is 36.0 Å². The topological polar surface area (TPSA) is 114 Å². The minimum Gasteiger partial charge on any atom is -0.393 e. The molecule has 0 aromatic carbocycles. The van der Waals surface area contributed by atoms with Crippen molar-refractivity contribution in [2.45, 2.75) is 39.5 Å². The monoisotopic (exact) mass is 280 g/mol. The molecule has 0 saturated heterocycles. The van der Waals surface area contributed by atoms with Crippen LogP contribution >= 0.6 is 0 Å². The molecule has 0 aliphatic carbocycles. The lowest BCUT2D eigenvalue weighted by molar-refractivity contribution is 0.191. The minimum atomic E-state index is -0.559. The summed E-state index contributed by atoms with van der Waals surface area (Å²) in [5.74, 6) is 0.653. The van der Waals surface area contributed by atoms with Crippen LogP contribution in [0, 0.1) is 6.92 Å². The van der Waals surface area contributed by atoms with Crippen molar-refractivity contribution in [1.29, 1.82) is 0 Å². The molecule has 0 aliphatic heterocycles. The Balaban J connectivity index is 2.20. The van der Waals surface area contributed by atoms with Gasteiger partial charge in [0.05, 0.1) is 24.7 Å². The Morgan fingerprint density at radius 1 is 1.50 bits per heavy atom. The minimum absolute atomic E-state index is 0.102. The van der Waals surface area contributed by atoms with Gasteiger partial charge in [-0.2, -0.15) is 4.98 Å². The standard InChI is InChI=1S/C12H16N4O4/c1-7(18)3-10-14-11(20-15-10)4-16-6-13-9(5-17)8(2)12(16)19/h6-7,17-18H,3-5H2,1-2H3. The van der Waals surface area contributed by atoms with Gasteiger partial charge in [0.25, 0.3) is 5.56 Å². The molecule has 1 unspecified atom stereocenters. The quantitative estimate of drug-likeness (QED) is 0.751. The predicted octanol–water partition coefficient (Wildman–Crippen LogP) is -0.601. The lowest BCUT2D eigenvalue weighted by Gasteiger charge is -2.05. The third-order valence-electron chi connectivity index (χ3n) is 2.81. The zero-order chi connectivity index (χ0) is 14.7. The highest BCUT2D eigenvalue weighted by atomic mass is 16.5. The number of hydrogen-bond acceptors (Lipinski definition) is 7. The summed E-state index contributed by atoms with van der Waals surface area (Å²) in [6.07, 6.45) is 1.06. The van der Waals surface area contributed by atoms with E-state index in [4.69, 9.17) is 9.63 Å². The Bertz CT molecular complexity index is 647. The van der Waals surface area contributed by atoms with Crippen molar-refractivity contribution in [3.63, 3.8) is 0 Å². The van der Waals surface area contributed by atoms with Gasteiger partial charge in [0, 0.05) is 12.0 Å². The normalized spacial score (nSPS) is 12.6. The van der Waals surface area contributed by atoms with E-state index >= 15 is 0 Å². The lowest BCUT2D eigenvalue weighted by atomic mass is 10.2. The van der Waals surface area contributed by atoms with Crippen LogP contribution in [0.15, 0.2) is 15.6 Å². The summed E-state index contributed by atoms with van der Waals surface area (Å²) in [7, 11) is 0. The van der Waals surface area contributed by atoms with E-state index in [1.165, 1.54) is 10.9 Å². The average Bonchev–Trinajstić information content (AvgIpc) is 2.82. The molecular weight excluding hydrogens is 264 g/mol. The second kappa shape index (κ2) is 5.93. The Morgan fingerprint density at radius 2 is 2.25 bits per heavy atom. The molecule has 2 aromatic heterocycles. The summed E-state index contributed by atoms with van der Waals surface area (Å²) in [5.41, 5.74) is 0.476. The van der Waals surface area contributed by atoms with Crippen molar-refractivity contribution in [2.24, 2.45) is 0 Å². The Kier molecular flexibility index (Phi) is 4.26. The first-order chi connectivity index (χ1) is 9.51. The van der Waals surface area contributed by atoms with Gasteiger partial charge in [-0.1, -0.05) is 5.16 Å². The average molecular weight is 280 g/mol. The molecule has 0 aliphatic rings. The van der Waals surface area contributed by atoms with Crippen LogP contribution in [0.3, 0.4) is 0 Å². The maximum atomic E-state index is 12.0. The molecule has 8 nitrogen and oxygen atoms in total. The molecule has 0 radical (unpaired) electrons. The van der Waals surface area contributed by atoms with Gasteiger partial charge in [-0.05, 0) is 13.8 Å². The second-order valence-corrected chi connectivity index (χ2v) is 4.56. The van der Waals surface area contributed by atoms with Gasteiger partial charge in [-0.15, -0.1) is 0 Å². The molecule has 8 heteroatoms. The van der Waals surface area contributed by atoms with Crippen LogP contribution in [0.1, 0.15) is 29.9 Å². The van der Waals surface area contributed by atoms with Gasteiger partial charge in [0.15, 0.2) is 5.82 Å². The lowest BCUT2D eigenvalue weighted by Crippen LogP contribution is -2.25. The van der Waals surface area contributed by atoms with E-state index in [1.807, 2.05) is 0 Å². The molecular formula is C12H16N4O4. The van der Waals surface area contributed by atoms with Gasteiger partial charge in [-0.25, -0.2) is 4.98 Å². The van der Waals surface area contributed by atoms with E-state index in [2.05, 4.69) is 15.1 Å². The molecule has 0 fully saturated rings. The molecule has 0 amide bonds. The molecule has 0 saturated carbocycles. The molecule has 0 spiro atoms. The van der Waals surface area contributed by atoms with E-state index in [0.29, 0.717) is 23.5 Å². The van der Waals surface area contributed by atoms with Crippen molar-refractivity contribution in [3.05, 3.63) is 39.7 Å². The molecule has 2 heterocycles. The third-order valence-corrected chi connectivity index (χ3v) is 2.81. The SMILES string of the molecule is Cc1c(CO)ncn(Cc2nc(CC(C)O)no2)c1=O. The van der Waals surface area contributed by atoms with Crippen molar-refractivity contribution < 1.29 is 14.7 Å². The van der Waals surface area contributed by atoms with E-state index in [9.17, 15) is 9.90 Å². The van der Waals surface area contributed by atoms with Crippen molar-refractivity contribution in [1.82, 2.24) is 19.7 Å². The van der Waals surface area contributed by atoms with Gasteiger partial charge in [-0.3, -0.25) is 9.36 Å². The van der Waals surface area contributed by atoms with E-state index in [1.54, 1.807) is 13.8 Å². The maximum absolute atomic E-state index is 12.0. The fraction of sp³-hybridized carbons (Fsp3) is 0.500. The number of hydrogen-bond donors (Lipinski definition) is 2. The summed E-state index contributed by atoms with van der Waals surface area (Å²) in [6.45, 7) is 3.05. The molecule has 20 heavy (non-hydrogen) atoms. The van der Waals surface area contributed by atoms with Gasteiger partial charge >= 0.3 is 0 Å². The van der Waals surface area contributed by atoms with Crippen LogP contribution in [0.5, 0.6) is 0 Å². The van der Waals surface area contributed by atoms with Crippen LogP contribution in [0.25, 0.3) is 0 Å². The fourth-order valence-corrected chi connectivity index (χ4v) is 1.75. The zero-order valence-electron chi connectivity index (χ0n) is 11.3. The molecule has 2 N–H and O–H groups in total. The fourth-order valence-electron chi connectivity index (χ4n) is 1.75. The molecule has 1 atom stereocenters. The highest BCUT2D eigenvalue weighted by Crippen LogP contribution is 2.03. The van der Waals surface area contributed by atoms with E-state index < -0.39 is 6.10 Å². The molecule has 108 valence electrons. The zero-order valence-corrected chi connectivity index (χ0v) is 11.3. The van der Waals surface area contributed by atoms with Crippen LogP contribution in [0.2, 0.25) is 0 Å². The molecule has 2 aromatic rings. The van der Waals surface area contributed by atoms with Crippen molar-refractivity contribution in [2.75, 3.05) is 0 Å². The number of nitrogens with zero attached hydrogens (tertiary/aromatic N) is 4. The number of rotatable bonds is 5. The Morgan fingerprint density at radius 3 is 2.90 bits per heavy atom.